The van der Waals surface area contributed by atoms with Crippen molar-refractivity contribution in [2.24, 2.45) is 0 Å². The van der Waals surface area contributed by atoms with Crippen LogP contribution in [0, 0.1) is 24.0 Å². The van der Waals surface area contributed by atoms with Gasteiger partial charge in [-0.25, -0.2) is 0 Å². The minimum atomic E-state index is -0.478. The molecule has 14 heteroatoms. The Bertz CT molecular complexity index is 1220. The van der Waals surface area contributed by atoms with Crippen molar-refractivity contribution in [1.82, 2.24) is 20.3 Å². The number of hydrogen-bond donors (Lipinski definition) is 1. The molecule has 2 amide bonds. The number of carbonyl (C=O) groups is 2. The van der Waals surface area contributed by atoms with Crippen LogP contribution in [0.1, 0.15) is 21.7 Å². The van der Waals surface area contributed by atoms with Gasteiger partial charge in [0.15, 0.2) is 10.2 Å². The van der Waals surface area contributed by atoms with Gasteiger partial charge in [0.25, 0.3) is 11.6 Å². The van der Waals surface area contributed by atoms with Gasteiger partial charge in [-0.3, -0.25) is 19.7 Å². The molecule has 1 fully saturated rings. The number of rotatable bonds is 7. The molecule has 0 spiro atoms. The van der Waals surface area contributed by atoms with Crippen molar-refractivity contribution in [2.45, 2.75) is 18.2 Å². The van der Waals surface area contributed by atoms with Gasteiger partial charge in [0, 0.05) is 49.4 Å². The lowest BCUT2D eigenvalue weighted by Gasteiger charge is -2.34. The summed E-state index contributed by atoms with van der Waals surface area (Å²) in [6, 6.07) is 6.18. The summed E-state index contributed by atoms with van der Waals surface area (Å²) in [4.78, 5) is 39.4. The van der Waals surface area contributed by atoms with Gasteiger partial charge in [0.05, 0.1) is 10.7 Å². The number of nitrogens with one attached hydrogen (secondary N) is 1. The normalized spacial score (nSPS) is 13.7. The summed E-state index contributed by atoms with van der Waals surface area (Å²) in [6.07, 6.45) is 0. The number of piperazine rings is 1. The van der Waals surface area contributed by atoms with E-state index in [1.165, 1.54) is 35.2 Å². The minimum Gasteiger partial charge on any atom is -0.360 e. The van der Waals surface area contributed by atoms with E-state index >= 15 is 0 Å². The third-order valence-corrected chi connectivity index (χ3v) is 7.31. The van der Waals surface area contributed by atoms with Crippen LogP contribution in [0.2, 0.25) is 0 Å². The summed E-state index contributed by atoms with van der Waals surface area (Å²) < 4.78 is 5.58. The standard InChI is InChI=1S/C20H21N7O5S2/c1-12-10-16(24-32-12)21-17(28)11-33-20-23-22-19(34-20)26-8-6-25(7-9-26)18(29)14-4-3-5-15(13(14)2)27(30)31/h3-5,10H,6-9,11H2,1-2H3,(H,21,24,28). The number of nitro groups is 1. The zero-order valence-corrected chi connectivity index (χ0v) is 20.0. The molecule has 0 aliphatic carbocycles. The molecule has 3 heterocycles. The van der Waals surface area contributed by atoms with E-state index in [2.05, 4.69) is 20.7 Å². The van der Waals surface area contributed by atoms with E-state index in [0.29, 0.717) is 58.4 Å². The fourth-order valence-electron chi connectivity index (χ4n) is 3.44. The molecule has 12 nitrogen and oxygen atoms in total. The van der Waals surface area contributed by atoms with Crippen LogP contribution >= 0.6 is 23.1 Å². The summed E-state index contributed by atoms with van der Waals surface area (Å²) >= 11 is 2.66. The molecular weight excluding hydrogens is 482 g/mol. The topological polar surface area (TPSA) is 148 Å². The first kappa shape index (κ1) is 23.6. The molecule has 1 aliphatic heterocycles. The van der Waals surface area contributed by atoms with E-state index in [9.17, 15) is 19.7 Å². The number of nitrogens with zero attached hydrogens (tertiary/aromatic N) is 6. The molecule has 1 aromatic carbocycles. The minimum absolute atomic E-state index is 0.0619. The summed E-state index contributed by atoms with van der Waals surface area (Å²) in [5, 5.41) is 26.6. The molecule has 0 bridgehead atoms. The van der Waals surface area contributed by atoms with Crippen molar-refractivity contribution in [3.05, 3.63) is 51.3 Å². The van der Waals surface area contributed by atoms with Crippen LogP contribution in [0.5, 0.6) is 0 Å². The highest BCUT2D eigenvalue weighted by Gasteiger charge is 2.27. The van der Waals surface area contributed by atoms with Gasteiger partial charge >= 0.3 is 0 Å². The number of amides is 2. The molecule has 1 aliphatic rings. The number of thioether (sulfide) groups is 1. The first-order chi connectivity index (χ1) is 16.3. The maximum Gasteiger partial charge on any atom is 0.273 e. The van der Waals surface area contributed by atoms with E-state index in [0.717, 1.165) is 0 Å². The van der Waals surface area contributed by atoms with E-state index in [4.69, 9.17) is 4.52 Å². The van der Waals surface area contributed by atoms with Crippen molar-refractivity contribution < 1.29 is 19.0 Å². The van der Waals surface area contributed by atoms with Crippen molar-refractivity contribution in [2.75, 3.05) is 42.1 Å². The number of anilines is 2. The lowest BCUT2D eigenvalue weighted by atomic mass is 10.1. The van der Waals surface area contributed by atoms with Crippen LogP contribution in [0.3, 0.4) is 0 Å². The lowest BCUT2D eigenvalue weighted by molar-refractivity contribution is -0.385. The predicted octanol–water partition coefficient (Wildman–Crippen LogP) is 2.74. The highest BCUT2D eigenvalue weighted by atomic mass is 32.2. The SMILES string of the molecule is Cc1cc(NC(=O)CSc2nnc(N3CCN(C(=O)c4cccc([N+](=O)[O-])c4C)CC3)s2)no1. The average Bonchev–Trinajstić information content (AvgIpc) is 3.46. The largest absolute Gasteiger partial charge is 0.360 e. The van der Waals surface area contributed by atoms with Crippen molar-refractivity contribution in [1.29, 1.82) is 0 Å². The average molecular weight is 504 g/mol. The summed E-state index contributed by atoms with van der Waals surface area (Å²) in [7, 11) is 0. The van der Waals surface area contributed by atoms with Gasteiger partial charge in [-0.05, 0) is 19.9 Å². The number of benzene rings is 1. The fourth-order valence-corrected chi connectivity index (χ4v) is 5.14. The van der Waals surface area contributed by atoms with Crippen LogP contribution in [-0.2, 0) is 4.79 Å². The molecule has 0 radical (unpaired) electrons. The van der Waals surface area contributed by atoms with Gasteiger partial charge in [0.2, 0.25) is 11.0 Å². The van der Waals surface area contributed by atoms with E-state index in [1.807, 2.05) is 4.90 Å². The van der Waals surface area contributed by atoms with Gasteiger partial charge in [-0.2, -0.15) is 0 Å². The second-order valence-electron chi connectivity index (χ2n) is 7.50. The van der Waals surface area contributed by atoms with Gasteiger partial charge < -0.3 is 19.6 Å². The first-order valence-corrected chi connectivity index (χ1v) is 12.1. The Morgan fingerprint density at radius 3 is 2.68 bits per heavy atom. The number of nitro benzene ring substituents is 1. The van der Waals surface area contributed by atoms with Crippen LogP contribution in [0.25, 0.3) is 0 Å². The second kappa shape index (κ2) is 10.2. The van der Waals surface area contributed by atoms with Crippen molar-refractivity contribution in [3.8, 4) is 0 Å². The highest BCUT2D eigenvalue weighted by Crippen LogP contribution is 2.29. The molecule has 3 aromatic rings. The van der Waals surface area contributed by atoms with Crippen LogP contribution in [0.4, 0.5) is 16.6 Å². The Labute approximate surface area is 202 Å². The van der Waals surface area contributed by atoms with Crippen LogP contribution < -0.4 is 10.2 Å². The Balaban J connectivity index is 1.29. The molecular formula is C20H21N7O5S2. The second-order valence-corrected chi connectivity index (χ2v) is 9.67. The first-order valence-electron chi connectivity index (χ1n) is 10.3. The van der Waals surface area contributed by atoms with Crippen molar-refractivity contribution in [3.63, 3.8) is 0 Å². The zero-order chi connectivity index (χ0) is 24.2. The summed E-state index contributed by atoms with van der Waals surface area (Å²) in [5.74, 6) is 0.694. The van der Waals surface area contributed by atoms with Gasteiger partial charge in [-0.15, -0.1) is 10.2 Å². The highest BCUT2D eigenvalue weighted by molar-refractivity contribution is 8.01. The summed E-state index contributed by atoms with van der Waals surface area (Å²) in [5.41, 5.74) is 0.651. The summed E-state index contributed by atoms with van der Waals surface area (Å²) in [6.45, 7) is 5.38. The molecule has 0 saturated carbocycles. The maximum absolute atomic E-state index is 12.9. The zero-order valence-electron chi connectivity index (χ0n) is 18.4. The molecule has 4 rings (SSSR count). The van der Waals surface area contributed by atoms with E-state index in [-0.39, 0.29) is 23.3 Å². The monoisotopic (exact) mass is 503 g/mol. The molecule has 34 heavy (non-hydrogen) atoms. The van der Waals surface area contributed by atoms with Crippen molar-refractivity contribution >= 4 is 51.5 Å². The van der Waals surface area contributed by atoms with E-state index in [1.54, 1.807) is 30.9 Å². The maximum atomic E-state index is 12.9. The van der Waals surface area contributed by atoms with Gasteiger partial charge in [0.1, 0.15) is 5.76 Å². The van der Waals surface area contributed by atoms with Gasteiger partial charge in [-0.1, -0.05) is 34.3 Å². The number of hydrogen-bond acceptors (Lipinski definition) is 11. The molecule has 1 saturated heterocycles. The smallest absolute Gasteiger partial charge is 0.273 e. The number of carbonyl (C=O) groups excluding carboxylic acids is 2. The fraction of sp³-hybridized carbons (Fsp3) is 0.350. The Hall–Kier alpha value is -3.52. The molecule has 0 atom stereocenters. The Kier molecular flexibility index (Phi) is 7.07. The van der Waals surface area contributed by atoms with Crippen LogP contribution in [0.15, 0.2) is 33.1 Å². The molecule has 1 N–H and O–H groups in total. The third kappa shape index (κ3) is 5.34. The lowest BCUT2D eigenvalue weighted by Crippen LogP contribution is -2.49. The predicted molar refractivity (Wildman–Crippen MR) is 126 cm³/mol. The molecule has 2 aromatic heterocycles. The number of aryl methyl sites for hydroxylation is 1. The quantitative estimate of drug-likeness (QED) is 0.290. The third-order valence-electron chi connectivity index (χ3n) is 5.19. The Morgan fingerprint density at radius 2 is 2.00 bits per heavy atom. The molecule has 0 unspecified atom stereocenters. The van der Waals surface area contributed by atoms with E-state index < -0.39 is 4.92 Å². The van der Waals surface area contributed by atoms with Crippen LogP contribution in [-0.4, -0.2) is 68.9 Å². The Morgan fingerprint density at radius 1 is 1.24 bits per heavy atom. The molecule has 178 valence electrons. The number of aromatic nitrogens is 3.